The highest BCUT2D eigenvalue weighted by molar-refractivity contribution is 7.17. The number of ether oxygens (including phenoxy) is 1. The van der Waals surface area contributed by atoms with Gasteiger partial charge < -0.3 is 14.6 Å². The first-order valence-electron chi connectivity index (χ1n) is 12.7. The van der Waals surface area contributed by atoms with Crippen LogP contribution in [-0.2, 0) is 28.9 Å². The van der Waals surface area contributed by atoms with Crippen molar-refractivity contribution < 1.29 is 14.3 Å². The van der Waals surface area contributed by atoms with Gasteiger partial charge in [0.2, 0.25) is 0 Å². The molecule has 5 rings (SSSR count). The number of aromatic nitrogens is 1. The zero-order chi connectivity index (χ0) is 27.5. The maximum absolute atomic E-state index is 13.3. The van der Waals surface area contributed by atoms with Gasteiger partial charge in [-0.1, -0.05) is 47.5 Å². The summed E-state index contributed by atoms with van der Waals surface area (Å²) in [6, 6.07) is 15.3. The van der Waals surface area contributed by atoms with Crippen LogP contribution < -0.4 is 5.32 Å². The molecule has 0 saturated heterocycles. The second-order valence-electron chi connectivity index (χ2n) is 9.24. The number of aryl methyl sites for hydroxylation is 1. The molecule has 1 amide bonds. The Kier molecular flexibility index (Phi) is 8.08. The van der Waals surface area contributed by atoms with Crippen LogP contribution in [0.2, 0.25) is 10.0 Å². The largest absolute Gasteiger partial charge is 0.462 e. The molecule has 0 atom stereocenters. The summed E-state index contributed by atoms with van der Waals surface area (Å²) in [7, 11) is 0. The number of hydrogen-bond acceptors (Lipinski definition) is 5. The smallest absolute Gasteiger partial charge is 0.341 e. The predicted molar refractivity (Wildman–Crippen MR) is 157 cm³/mol. The van der Waals surface area contributed by atoms with Gasteiger partial charge >= 0.3 is 5.97 Å². The molecule has 4 aromatic rings. The molecule has 6 nitrogen and oxygen atoms in total. The van der Waals surface area contributed by atoms with Gasteiger partial charge in [0.25, 0.3) is 5.91 Å². The molecule has 0 aliphatic heterocycles. The van der Waals surface area contributed by atoms with Crippen LogP contribution in [0.25, 0.3) is 17.0 Å². The number of hydrogen-bond donors (Lipinski definition) is 1. The third-order valence-electron chi connectivity index (χ3n) is 6.70. The average Bonchev–Trinajstić information content (AvgIpc) is 3.47. The van der Waals surface area contributed by atoms with Gasteiger partial charge in [0.15, 0.2) is 0 Å². The summed E-state index contributed by atoms with van der Waals surface area (Å²) >= 11 is 13.7. The molecule has 198 valence electrons. The number of amides is 1. The number of para-hydroxylation sites is 1. The number of nitriles is 1. The highest BCUT2D eigenvalue weighted by atomic mass is 35.5. The fourth-order valence-electron chi connectivity index (χ4n) is 4.90. The summed E-state index contributed by atoms with van der Waals surface area (Å²) in [6.45, 7) is 2.53. The number of carbonyl (C=O) groups is 2. The van der Waals surface area contributed by atoms with E-state index in [0.717, 1.165) is 58.2 Å². The van der Waals surface area contributed by atoms with Gasteiger partial charge in [-0.25, -0.2) is 4.79 Å². The van der Waals surface area contributed by atoms with Gasteiger partial charge in [-0.2, -0.15) is 5.26 Å². The number of halogens is 2. The number of nitrogens with one attached hydrogen (secondary N) is 1. The lowest BCUT2D eigenvalue weighted by Crippen LogP contribution is -2.16. The molecule has 2 aromatic heterocycles. The quantitative estimate of drug-likeness (QED) is 0.139. The Bertz CT molecular complexity index is 1660. The van der Waals surface area contributed by atoms with Gasteiger partial charge in [0, 0.05) is 34.1 Å². The normalized spacial score (nSPS) is 13.1. The Morgan fingerprint density at radius 1 is 1.15 bits per heavy atom. The molecule has 0 unspecified atom stereocenters. The maximum atomic E-state index is 13.3. The second kappa shape index (κ2) is 11.7. The van der Waals surface area contributed by atoms with Crippen molar-refractivity contribution in [1.29, 1.82) is 5.26 Å². The molecular weight excluding hydrogens is 553 g/mol. The van der Waals surface area contributed by atoms with Crippen LogP contribution in [0.5, 0.6) is 0 Å². The lowest BCUT2D eigenvalue weighted by molar-refractivity contribution is -0.112. The van der Waals surface area contributed by atoms with Crippen LogP contribution in [0, 0.1) is 11.3 Å². The number of rotatable bonds is 7. The molecule has 9 heteroatoms. The third-order valence-corrected chi connectivity index (χ3v) is 8.65. The van der Waals surface area contributed by atoms with Gasteiger partial charge in [0.05, 0.1) is 22.2 Å². The van der Waals surface area contributed by atoms with E-state index in [9.17, 15) is 14.9 Å². The monoisotopic (exact) mass is 577 g/mol. The zero-order valence-corrected chi connectivity index (χ0v) is 23.6. The van der Waals surface area contributed by atoms with Crippen molar-refractivity contribution in [1.82, 2.24) is 4.57 Å². The first-order valence-corrected chi connectivity index (χ1v) is 14.2. The molecule has 0 bridgehead atoms. The molecule has 0 spiro atoms. The van der Waals surface area contributed by atoms with E-state index in [1.165, 1.54) is 11.3 Å². The van der Waals surface area contributed by atoms with Crippen molar-refractivity contribution >= 4 is 68.4 Å². The number of anilines is 1. The summed E-state index contributed by atoms with van der Waals surface area (Å²) in [4.78, 5) is 27.2. The maximum Gasteiger partial charge on any atom is 0.341 e. The number of carbonyl (C=O) groups excluding carboxylic acids is 2. The van der Waals surface area contributed by atoms with Crippen molar-refractivity contribution in [2.75, 3.05) is 11.9 Å². The summed E-state index contributed by atoms with van der Waals surface area (Å²) in [5, 5.41) is 15.1. The predicted octanol–water partition coefficient (Wildman–Crippen LogP) is 7.66. The molecular formula is C30H25Cl2N3O3S. The standard InChI is InChI=1S/C30H25Cl2N3O3S/c1-2-38-30(37)27-22-8-4-6-10-26(22)39-29(27)34-28(36)19(15-33)14-20-17-35(25-9-5-3-7-21(20)25)16-18-11-12-23(31)24(32)13-18/h3,5,7,9,11-14,17H,2,4,6,8,10,16H2,1H3,(H,34,36). The summed E-state index contributed by atoms with van der Waals surface area (Å²) < 4.78 is 7.33. The fraction of sp³-hybridized carbons (Fsp3) is 0.233. The van der Waals surface area contributed by atoms with E-state index in [1.54, 1.807) is 19.1 Å². The average molecular weight is 579 g/mol. The first-order chi connectivity index (χ1) is 18.9. The summed E-state index contributed by atoms with van der Waals surface area (Å²) in [6.07, 6.45) is 7.15. The molecule has 2 heterocycles. The van der Waals surface area contributed by atoms with Crippen LogP contribution in [0.3, 0.4) is 0 Å². The van der Waals surface area contributed by atoms with E-state index >= 15 is 0 Å². The summed E-state index contributed by atoms with van der Waals surface area (Å²) in [5.41, 5.74) is 3.95. The van der Waals surface area contributed by atoms with Crippen LogP contribution in [0.1, 0.15) is 51.7 Å². The molecule has 1 aliphatic carbocycles. The molecule has 2 aromatic carbocycles. The Hall–Kier alpha value is -3.57. The van der Waals surface area contributed by atoms with E-state index in [1.807, 2.05) is 53.2 Å². The van der Waals surface area contributed by atoms with Crippen molar-refractivity contribution in [3.05, 3.63) is 91.4 Å². The SMILES string of the molecule is CCOC(=O)c1c(NC(=O)C(C#N)=Cc2cn(Cc3ccc(Cl)c(Cl)c3)c3ccccc23)sc2c1CCCC2. The lowest BCUT2D eigenvalue weighted by Gasteiger charge is -2.12. The summed E-state index contributed by atoms with van der Waals surface area (Å²) in [5.74, 6) is -1.01. The topological polar surface area (TPSA) is 84.1 Å². The Balaban J connectivity index is 1.47. The number of benzene rings is 2. The minimum absolute atomic E-state index is 0.0615. The number of fused-ring (bicyclic) bond motifs is 2. The van der Waals surface area contributed by atoms with Crippen LogP contribution in [0.4, 0.5) is 5.00 Å². The number of nitrogens with zero attached hydrogens (tertiary/aromatic N) is 2. The minimum Gasteiger partial charge on any atom is -0.462 e. The zero-order valence-electron chi connectivity index (χ0n) is 21.2. The Morgan fingerprint density at radius 2 is 1.95 bits per heavy atom. The highest BCUT2D eigenvalue weighted by Gasteiger charge is 2.28. The van der Waals surface area contributed by atoms with Crippen LogP contribution >= 0.6 is 34.5 Å². The highest BCUT2D eigenvalue weighted by Crippen LogP contribution is 2.39. The van der Waals surface area contributed by atoms with Crippen molar-refractivity contribution in [3.8, 4) is 6.07 Å². The molecule has 39 heavy (non-hydrogen) atoms. The molecule has 0 saturated carbocycles. The van der Waals surface area contributed by atoms with E-state index in [0.29, 0.717) is 27.2 Å². The second-order valence-corrected chi connectivity index (χ2v) is 11.2. The van der Waals surface area contributed by atoms with Crippen molar-refractivity contribution in [2.24, 2.45) is 0 Å². The van der Waals surface area contributed by atoms with Crippen LogP contribution in [0.15, 0.2) is 54.2 Å². The van der Waals surface area contributed by atoms with Gasteiger partial charge in [-0.05, 0) is 68.0 Å². The van der Waals surface area contributed by atoms with Crippen molar-refractivity contribution in [3.63, 3.8) is 0 Å². The number of thiophene rings is 1. The van der Waals surface area contributed by atoms with Crippen LogP contribution in [-0.4, -0.2) is 23.1 Å². The van der Waals surface area contributed by atoms with E-state index < -0.39 is 11.9 Å². The minimum atomic E-state index is -0.567. The molecule has 1 N–H and O–H groups in total. The fourth-order valence-corrected chi connectivity index (χ4v) is 6.50. The molecule has 1 aliphatic rings. The van der Waals surface area contributed by atoms with E-state index in [2.05, 4.69) is 5.32 Å². The van der Waals surface area contributed by atoms with Gasteiger partial charge in [0.1, 0.15) is 16.6 Å². The first kappa shape index (κ1) is 27.0. The molecule has 0 radical (unpaired) electrons. The Morgan fingerprint density at radius 3 is 2.72 bits per heavy atom. The molecule has 0 fully saturated rings. The van der Waals surface area contributed by atoms with E-state index in [-0.39, 0.29) is 12.2 Å². The lowest BCUT2D eigenvalue weighted by atomic mass is 9.95. The number of esters is 1. The Labute approximate surface area is 240 Å². The van der Waals surface area contributed by atoms with Crippen molar-refractivity contribution in [2.45, 2.75) is 39.2 Å². The van der Waals surface area contributed by atoms with Gasteiger partial charge in [-0.15, -0.1) is 11.3 Å². The van der Waals surface area contributed by atoms with E-state index in [4.69, 9.17) is 27.9 Å². The third kappa shape index (κ3) is 5.60. The van der Waals surface area contributed by atoms with Gasteiger partial charge in [-0.3, -0.25) is 4.79 Å².